The van der Waals surface area contributed by atoms with E-state index in [1.807, 2.05) is 24.4 Å². The predicted molar refractivity (Wildman–Crippen MR) is 107 cm³/mol. The number of carbonyl (C=O) groups excluding carboxylic acids is 1. The molecule has 2 N–H and O–H groups in total. The third-order valence-corrected chi connectivity index (χ3v) is 6.05. The number of hydrogen-bond acceptors (Lipinski definition) is 6. The predicted octanol–water partition coefficient (Wildman–Crippen LogP) is 3.43. The topological polar surface area (TPSA) is 77.0 Å². The Kier molecular flexibility index (Phi) is 5.85. The fourth-order valence-electron chi connectivity index (χ4n) is 2.28. The van der Waals surface area contributed by atoms with E-state index in [1.54, 1.807) is 35.4 Å². The number of halogens is 1. The molecular weight excluding hydrogens is 390 g/mol. The lowest BCUT2D eigenvalue weighted by Gasteiger charge is -2.16. The van der Waals surface area contributed by atoms with E-state index in [0.29, 0.717) is 22.5 Å². The first kappa shape index (κ1) is 18.8. The summed E-state index contributed by atoms with van der Waals surface area (Å²) in [6.07, 6.45) is 0. The number of nitrogens with two attached hydrogens (primary N) is 1. The molecule has 0 aliphatic heterocycles. The molecule has 0 bridgehead atoms. The highest BCUT2D eigenvalue weighted by molar-refractivity contribution is 7.99. The molecule has 26 heavy (non-hydrogen) atoms. The van der Waals surface area contributed by atoms with Gasteiger partial charge in [0.15, 0.2) is 5.82 Å². The number of amides is 1. The number of nitrogens with zero attached hydrogens (tertiary/aromatic N) is 4. The van der Waals surface area contributed by atoms with Crippen LogP contribution in [0.2, 0.25) is 5.02 Å². The Labute approximate surface area is 164 Å². The Balaban J connectivity index is 1.62. The third kappa shape index (κ3) is 4.20. The highest BCUT2D eigenvalue weighted by atomic mass is 35.5. The van der Waals surface area contributed by atoms with E-state index in [4.69, 9.17) is 17.4 Å². The zero-order valence-electron chi connectivity index (χ0n) is 14.3. The van der Waals surface area contributed by atoms with Crippen LogP contribution in [0.4, 0.5) is 0 Å². The number of nitrogen functional groups attached to an aromatic ring is 1. The number of aryl methyl sites for hydroxylation is 1. The molecule has 0 spiro atoms. The van der Waals surface area contributed by atoms with Crippen LogP contribution in [0.1, 0.15) is 10.4 Å². The second-order valence-corrected chi connectivity index (χ2v) is 8.13. The standard InChI is InChI=1S/C17H18ClN5OS2/c1-11-7-8-25-14(11)9-22(2)15(24)10-26-17-21-20-16(23(17)19)12-3-5-13(18)6-4-12/h3-8H,9-10,19H2,1-2H3. The van der Waals surface area contributed by atoms with Crippen molar-refractivity contribution >= 4 is 40.6 Å². The summed E-state index contributed by atoms with van der Waals surface area (Å²) in [5.41, 5.74) is 2.02. The summed E-state index contributed by atoms with van der Waals surface area (Å²) in [6.45, 7) is 2.66. The van der Waals surface area contributed by atoms with E-state index in [0.717, 1.165) is 5.56 Å². The second-order valence-electron chi connectivity index (χ2n) is 5.75. The zero-order chi connectivity index (χ0) is 18.7. The van der Waals surface area contributed by atoms with Gasteiger partial charge in [0.2, 0.25) is 11.1 Å². The maximum atomic E-state index is 12.4. The molecule has 1 aromatic carbocycles. The number of rotatable bonds is 6. The van der Waals surface area contributed by atoms with Gasteiger partial charge in [0.1, 0.15) is 0 Å². The van der Waals surface area contributed by atoms with Gasteiger partial charge in [-0.3, -0.25) is 4.79 Å². The van der Waals surface area contributed by atoms with Crippen LogP contribution in [0.3, 0.4) is 0 Å². The van der Waals surface area contributed by atoms with E-state index in [9.17, 15) is 4.79 Å². The van der Waals surface area contributed by atoms with E-state index in [-0.39, 0.29) is 11.7 Å². The lowest BCUT2D eigenvalue weighted by atomic mass is 10.2. The number of thiophene rings is 1. The van der Waals surface area contributed by atoms with Crippen LogP contribution in [0, 0.1) is 6.92 Å². The first-order valence-corrected chi connectivity index (χ1v) is 10.1. The molecule has 0 radical (unpaired) electrons. The lowest BCUT2D eigenvalue weighted by Crippen LogP contribution is -2.28. The molecule has 3 aromatic rings. The molecule has 0 aliphatic rings. The number of benzene rings is 1. The summed E-state index contributed by atoms with van der Waals surface area (Å²) < 4.78 is 1.39. The molecule has 1 amide bonds. The fraction of sp³-hybridized carbons (Fsp3) is 0.235. The minimum absolute atomic E-state index is 0.0128. The van der Waals surface area contributed by atoms with E-state index in [1.165, 1.54) is 26.9 Å². The van der Waals surface area contributed by atoms with E-state index < -0.39 is 0 Å². The SMILES string of the molecule is Cc1ccsc1CN(C)C(=O)CSc1nnc(-c2ccc(Cl)cc2)n1N. The maximum Gasteiger partial charge on any atom is 0.233 e. The second kappa shape index (κ2) is 8.11. The Morgan fingerprint density at radius 1 is 1.31 bits per heavy atom. The van der Waals surface area contributed by atoms with Crippen molar-refractivity contribution in [1.29, 1.82) is 0 Å². The molecule has 0 aliphatic carbocycles. The van der Waals surface area contributed by atoms with Crippen LogP contribution in [-0.2, 0) is 11.3 Å². The van der Waals surface area contributed by atoms with Gasteiger partial charge in [0.05, 0.1) is 12.3 Å². The molecule has 0 saturated heterocycles. The van der Waals surface area contributed by atoms with Crippen molar-refractivity contribution < 1.29 is 4.79 Å². The van der Waals surface area contributed by atoms with Gasteiger partial charge in [0, 0.05) is 22.5 Å². The van der Waals surface area contributed by atoms with Crippen molar-refractivity contribution in [2.75, 3.05) is 18.6 Å². The molecule has 2 heterocycles. The van der Waals surface area contributed by atoms with Gasteiger partial charge >= 0.3 is 0 Å². The first-order valence-electron chi connectivity index (χ1n) is 7.82. The van der Waals surface area contributed by atoms with Gasteiger partial charge in [-0.25, -0.2) is 4.68 Å². The molecule has 0 atom stereocenters. The van der Waals surface area contributed by atoms with Crippen molar-refractivity contribution in [3.8, 4) is 11.4 Å². The average molecular weight is 408 g/mol. The average Bonchev–Trinajstić information content (AvgIpc) is 3.19. The Morgan fingerprint density at radius 3 is 2.69 bits per heavy atom. The number of aromatic nitrogens is 3. The molecule has 0 unspecified atom stereocenters. The van der Waals surface area contributed by atoms with Gasteiger partial charge in [-0.1, -0.05) is 23.4 Å². The lowest BCUT2D eigenvalue weighted by molar-refractivity contribution is -0.127. The van der Waals surface area contributed by atoms with Crippen LogP contribution in [0.5, 0.6) is 0 Å². The summed E-state index contributed by atoms with van der Waals surface area (Å²) in [7, 11) is 1.80. The van der Waals surface area contributed by atoms with Crippen molar-refractivity contribution in [3.05, 3.63) is 51.2 Å². The van der Waals surface area contributed by atoms with Crippen molar-refractivity contribution in [2.24, 2.45) is 0 Å². The van der Waals surface area contributed by atoms with Gasteiger partial charge in [-0.2, -0.15) is 0 Å². The molecule has 2 aromatic heterocycles. The van der Waals surface area contributed by atoms with Gasteiger partial charge in [0.25, 0.3) is 0 Å². The Hall–Kier alpha value is -2.03. The third-order valence-electron chi connectivity index (χ3n) is 3.87. The summed E-state index contributed by atoms with van der Waals surface area (Å²) in [6, 6.07) is 9.24. The summed E-state index contributed by atoms with van der Waals surface area (Å²) in [5.74, 6) is 6.87. The highest BCUT2D eigenvalue weighted by Crippen LogP contribution is 2.23. The normalized spacial score (nSPS) is 10.9. The van der Waals surface area contributed by atoms with Crippen LogP contribution < -0.4 is 5.84 Å². The molecule has 0 saturated carbocycles. The smallest absolute Gasteiger partial charge is 0.233 e. The largest absolute Gasteiger partial charge is 0.340 e. The van der Waals surface area contributed by atoms with Crippen molar-refractivity contribution in [2.45, 2.75) is 18.6 Å². The van der Waals surface area contributed by atoms with Crippen LogP contribution in [0.15, 0.2) is 40.9 Å². The summed E-state index contributed by atoms with van der Waals surface area (Å²) >= 11 is 8.83. The van der Waals surface area contributed by atoms with Gasteiger partial charge in [-0.15, -0.1) is 21.5 Å². The van der Waals surface area contributed by atoms with Crippen LogP contribution in [-0.4, -0.2) is 38.5 Å². The van der Waals surface area contributed by atoms with Crippen LogP contribution >= 0.6 is 34.7 Å². The Bertz CT molecular complexity index is 906. The molecule has 6 nitrogen and oxygen atoms in total. The van der Waals surface area contributed by atoms with E-state index in [2.05, 4.69) is 16.3 Å². The van der Waals surface area contributed by atoms with Crippen molar-refractivity contribution in [3.63, 3.8) is 0 Å². The van der Waals surface area contributed by atoms with Crippen molar-refractivity contribution in [1.82, 2.24) is 19.8 Å². The van der Waals surface area contributed by atoms with E-state index >= 15 is 0 Å². The van der Waals surface area contributed by atoms with Gasteiger partial charge in [-0.05, 0) is 48.2 Å². The molecule has 3 rings (SSSR count). The zero-order valence-corrected chi connectivity index (χ0v) is 16.7. The minimum atomic E-state index is 0.0128. The molecule has 9 heteroatoms. The molecule has 0 fully saturated rings. The monoisotopic (exact) mass is 407 g/mol. The maximum absolute atomic E-state index is 12.4. The summed E-state index contributed by atoms with van der Waals surface area (Å²) in [5, 5.41) is 11.4. The number of hydrogen-bond donors (Lipinski definition) is 1. The molecule has 136 valence electrons. The first-order chi connectivity index (χ1) is 12.5. The fourth-order valence-corrected chi connectivity index (χ4v) is 4.16. The molecular formula is C17H18ClN5OS2. The quantitative estimate of drug-likeness (QED) is 0.500. The summed E-state index contributed by atoms with van der Waals surface area (Å²) in [4.78, 5) is 15.3. The minimum Gasteiger partial charge on any atom is -0.340 e. The van der Waals surface area contributed by atoms with Crippen LogP contribution in [0.25, 0.3) is 11.4 Å². The number of thioether (sulfide) groups is 1. The number of carbonyl (C=O) groups is 1. The Morgan fingerprint density at radius 2 is 2.04 bits per heavy atom. The highest BCUT2D eigenvalue weighted by Gasteiger charge is 2.16. The van der Waals surface area contributed by atoms with Gasteiger partial charge < -0.3 is 10.7 Å².